The lowest BCUT2D eigenvalue weighted by atomic mass is 9.54. The van der Waals surface area contributed by atoms with Crippen molar-refractivity contribution >= 4 is 17.2 Å². The third-order valence-corrected chi connectivity index (χ3v) is 8.37. The second-order valence-electron chi connectivity index (χ2n) is 9.97. The minimum Gasteiger partial charge on any atom is -0.345 e. The van der Waals surface area contributed by atoms with Gasteiger partial charge in [-0.25, -0.2) is 4.98 Å². The summed E-state index contributed by atoms with van der Waals surface area (Å²) >= 11 is 0. The molecule has 0 saturated carbocycles. The van der Waals surface area contributed by atoms with Gasteiger partial charge in [-0.05, 0) is 50.5 Å². The molecule has 3 aromatic rings. The Balaban J connectivity index is 1.83. The summed E-state index contributed by atoms with van der Waals surface area (Å²) in [7, 11) is 0. The van der Waals surface area contributed by atoms with Crippen LogP contribution in [0.15, 0.2) is 79.4 Å². The Morgan fingerprint density at radius 2 is 1.64 bits per heavy atom. The number of para-hydroxylation sites is 1. The van der Waals surface area contributed by atoms with Crippen molar-refractivity contribution in [1.82, 2.24) is 4.98 Å². The lowest BCUT2D eigenvalue weighted by Gasteiger charge is -2.59. The molecule has 0 spiro atoms. The zero-order valence-corrected chi connectivity index (χ0v) is 20.5. The van der Waals surface area contributed by atoms with Crippen LogP contribution in [0, 0.1) is 5.41 Å². The second-order valence-corrected chi connectivity index (χ2v) is 9.97. The molecule has 0 N–H and O–H groups in total. The van der Waals surface area contributed by atoms with Gasteiger partial charge in [-0.15, -0.1) is 6.58 Å². The lowest BCUT2D eigenvalue weighted by Crippen LogP contribution is -2.64. The molecule has 0 fully saturated rings. The molecule has 3 heterocycles. The second kappa shape index (κ2) is 7.76. The predicted octanol–water partition coefficient (Wildman–Crippen LogP) is 7.70. The van der Waals surface area contributed by atoms with Gasteiger partial charge in [0.25, 0.3) is 0 Å². The monoisotopic (exact) mass is 437 g/mol. The van der Waals surface area contributed by atoms with Gasteiger partial charge in [0.1, 0.15) is 6.17 Å². The molecule has 2 aromatic carbocycles. The van der Waals surface area contributed by atoms with Gasteiger partial charge >= 0.3 is 0 Å². The summed E-state index contributed by atoms with van der Waals surface area (Å²) in [5, 5.41) is 0. The Hall–Kier alpha value is -3.07. The maximum atomic E-state index is 5.30. The van der Waals surface area contributed by atoms with Crippen LogP contribution in [-0.4, -0.2) is 17.2 Å². The molecular formula is C30H35N3. The van der Waals surface area contributed by atoms with E-state index in [9.17, 15) is 0 Å². The molecule has 1 aromatic heterocycles. The maximum Gasteiger partial charge on any atom is 0.159 e. The van der Waals surface area contributed by atoms with Gasteiger partial charge < -0.3 is 9.80 Å². The first-order valence-corrected chi connectivity index (χ1v) is 12.3. The van der Waals surface area contributed by atoms with Crippen LogP contribution in [0.25, 0.3) is 11.3 Å². The van der Waals surface area contributed by atoms with Crippen molar-refractivity contribution in [3.05, 3.63) is 84.9 Å². The van der Waals surface area contributed by atoms with Crippen molar-refractivity contribution in [2.45, 2.75) is 65.1 Å². The van der Waals surface area contributed by atoms with E-state index < -0.39 is 0 Å². The molecule has 3 heteroatoms. The quantitative estimate of drug-likeness (QED) is 0.381. The van der Waals surface area contributed by atoms with Gasteiger partial charge in [-0.3, -0.25) is 0 Å². The highest BCUT2D eigenvalue weighted by Gasteiger charge is 2.61. The van der Waals surface area contributed by atoms with E-state index in [1.807, 2.05) is 0 Å². The van der Waals surface area contributed by atoms with E-state index in [0.717, 1.165) is 29.9 Å². The number of pyridine rings is 1. The van der Waals surface area contributed by atoms with E-state index in [0.29, 0.717) is 6.04 Å². The summed E-state index contributed by atoms with van der Waals surface area (Å²) in [5.74, 6) is 1.07. The first-order valence-electron chi connectivity index (χ1n) is 12.3. The molecule has 0 saturated heterocycles. The fourth-order valence-corrected chi connectivity index (χ4v) is 6.54. The Morgan fingerprint density at radius 3 is 2.27 bits per heavy atom. The number of nitrogens with zero attached hydrogens (tertiary/aromatic N) is 3. The van der Waals surface area contributed by atoms with Crippen LogP contribution in [0.3, 0.4) is 0 Å². The Labute approximate surface area is 198 Å². The molecule has 3 nitrogen and oxygen atoms in total. The molecule has 3 atom stereocenters. The maximum absolute atomic E-state index is 5.30. The zero-order valence-electron chi connectivity index (χ0n) is 20.5. The average molecular weight is 438 g/mol. The molecule has 2 aliphatic rings. The summed E-state index contributed by atoms with van der Waals surface area (Å²) in [4.78, 5) is 10.4. The van der Waals surface area contributed by atoms with Crippen LogP contribution in [0.1, 0.15) is 53.0 Å². The largest absolute Gasteiger partial charge is 0.345 e. The van der Waals surface area contributed by atoms with Crippen LogP contribution >= 0.6 is 0 Å². The Bertz CT molecular complexity index is 1180. The molecule has 0 aliphatic carbocycles. The summed E-state index contributed by atoms with van der Waals surface area (Å²) in [6.07, 6.45) is 4.47. The van der Waals surface area contributed by atoms with E-state index >= 15 is 0 Å². The number of anilines is 3. The number of hydrogen-bond donors (Lipinski definition) is 0. The van der Waals surface area contributed by atoms with Crippen molar-refractivity contribution < 1.29 is 0 Å². The van der Waals surface area contributed by atoms with Crippen molar-refractivity contribution in [2.75, 3.05) is 9.80 Å². The third kappa shape index (κ3) is 2.78. The van der Waals surface area contributed by atoms with Gasteiger partial charge in [0.2, 0.25) is 0 Å². The SMILES string of the molecule is C=CC1(CC)c2ccccc2N2c3nc(-c4ccccc4)ccc3N(C(C)C)C2C1(C)CC. The van der Waals surface area contributed by atoms with Gasteiger partial charge in [0.05, 0.1) is 11.4 Å². The minimum absolute atomic E-state index is 0.0459. The van der Waals surface area contributed by atoms with Crippen LogP contribution in [0.5, 0.6) is 0 Å². The predicted molar refractivity (Wildman–Crippen MR) is 140 cm³/mol. The highest BCUT2D eigenvalue weighted by Crippen LogP contribution is 2.63. The number of aromatic nitrogens is 1. The molecular weight excluding hydrogens is 402 g/mol. The molecule has 170 valence electrons. The average Bonchev–Trinajstić information content (AvgIpc) is 3.21. The number of rotatable bonds is 5. The summed E-state index contributed by atoms with van der Waals surface area (Å²) < 4.78 is 0. The number of fused-ring (bicyclic) bond motifs is 5. The third-order valence-electron chi connectivity index (χ3n) is 8.37. The first-order chi connectivity index (χ1) is 15.9. The van der Waals surface area contributed by atoms with Gasteiger partial charge in [0.15, 0.2) is 5.82 Å². The minimum atomic E-state index is -0.114. The van der Waals surface area contributed by atoms with Crippen LogP contribution in [0.2, 0.25) is 0 Å². The first kappa shape index (κ1) is 21.8. The lowest BCUT2D eigenvalue weighted by molar-refractivity contribution is 0.112. The molecule has 0 radical (unpaired) electrons. The van der Waals surface area contributed by atoms with Crippen molar-refractivity contribution in [3.8, 4) is 11.3 Å². The van der Waals surface area contributed by atoms with Crippen LogP contribution in [-0.2, 0) is 5.41 Å². The van der Waals surface area contributed by atoms with Crippen molar-refractivity contribution in [2.24, 2.45) is 5.41 Å². The number of allylic oxidation sites excluding steroid dienone is 1. The highest BCUT2D eigenvalue weighted by atomic mass is 15.5. The number of benzene rings is 2. The van der Waals surface area contributed by atoms with Gasteiger partial charge in [-0.1, -0.05) is 75.4 Å². The van der Waals surface area contributed by atoms with Gasteiger partial charge in [0, 0.05) is 28.1 Å². The molecule has 5 rings (SSSR count). The molecule has 0 amide bonds. The summed E-state index contributed by atoms with van der Waals surface area (Å²) in [5.41, 5.74) is 5.86. The van der Waals surface area contributed by atoms with E-state index in [1.54, 1.807) is 0 Å². The van der Waals surface area contributed by atoms with Crippen molar-refractivity contribution in [1.29, 1.82) is 0 Å². The zero-order chi connectivity index (χ0) is 23.4. The number of hydrogen-bond acceptors (Lipinski definition) is 3. The van der Waals surface area contributed by atoms with E-state index in [-0.39, 0.29) is 17.0 Å². The Kier molecular flexibility index (Phi) is 5.12. The fraction of sp³-hybridized carbons (Fsp3) is 0.367. The molecule has 33 heavy (non-hydrogen) atoms. The topological polar surface area (TPSA) is 19.4 Å². The van der Waals surface area contributed by atoms with E-state index in [4.69, 9.17) is 4.98 Å². The fourth-order valence-electron chi connectivity index (χ4n) is 6.54. The highest BCUT2D eigenvalue weighted by molar-refractivity contribution is 5.86. The van der Waals surface area contributed by atoms with Gasteiger partial charge in [-0.2, -0.15) is 0 Å². The standard InChI is InChI=1S/C30H35N3/c1-7-29(6)28-32(21(4)5)26-20-19-24(22-15-11-10-12-16-22)31-27(26)33(28)25-18-14-13-17-23(25)30(29,8-2)9-3/h8,10-21,28H,2,7,9H2,1,3-6H3. The normalized spacial score (nSPS) is 25.6. The van der Waals surface area contributed by atoms with Crippen molar-refractivity contribution in [3.63, 3.8) is 0 Å². The summed E-state index contributed by atoms with van der Waals surface area (Å²) in [6.45, 7) is 16.1. The van der Waals surface area contributed by atoms with Crippen LogP contribution < -0.4 is 9.80 Å². The van der Waals surface area contributed by atoms with Crippen LogP contribution in [0.4, 0.5) is 17.2 Å². The van der Waals surface area contributed by atoms with E-state index in [1.165, 1.54) is 16.9 Å². The smallest absolute Gasteiger partial charge is 0.159 e. The summed E-state index contributed by atoms with van der Waals surface area (Å²) in [6, 6.07) is 24.2. The Morgan fingerprint density at radius 1 is 0.939 bits per heavy atom. The molecule has 2 aliphatic heterocycles. The van der Waals surface area contributed by atoms with E-state index in [2.05, 4.69) is 124 Å². The molecule has 3 unspecified atom stereocenters. The molecule has 0 bridgehead atoms.